The number of phenolic OH excluding ortho intramolecular Hbond substituents is 1. The third kappa shape index (κ3) is 3.47. The van der Waals surface area contributed by atoms with E-state index in [1.54, 1.807) is 24.3 Å². The second-order valence-electron chi connectivity index (χ2n) is 4.19. The Morgan fingerprint density at radius 3 is 2.48 bits per heavy atom. The van der Waals surface area contributed by atoms with Gasteiger partial charge in [-0.15, -0.1) is 0 Å². The molecule has 0 aromatic heterocycles. The third-order valence-electron chi connectivity index (χ3n) is 2.68. The van der Waals surface area contributed by atoms with Crippen molar-refractivity contribution in [3.63, 3.8) is 0 Å². The highest BCUT2D eigenvalue weighted by Gasteiger charge is 2.18. The molecular weight excluding hydrogens is 280 g/mol. The van der Waals surface area contributed by atoms with E-state index in [1.807, 2.05) is 6.92 Å². The van der Waals surface area contributed by atoms with Crippen molar-refractivity contribution in [2.45, 2.75) is 6.92 Å². The van der Waals surface area contributed by atoms with Crippen LogP contribution in [-0.2, 0) is 0 Å². The minimum absolute atomic E-state index is 0.395. The zero-order valence-corrected chi connectivity index (χ0v) is 11.2. The fourth-order valence-electron chi connectivity index (χ4n) is 1.78. The number of rotatable bonds is 4. The van der Waals surface area contributed by atoms with Gasteiger partial charge in [0.15, 0.2) is 0 Å². The predicted octanol–water partition coefficient (Wildman–Crippen LogP) is 3.32. The lowest BCUT2D eigenvalue weighted by Gasteiger charge is -2.09. The first-order valence-electron chi connectivity index (χ1n) is 6.23. The molecule has 0 heterocycles. The molecule has 110 valence electrons. The van der Waals surface area contributed by atoms with Gasteiger partial charge in [-0.05, 0) is 31.2 Å². The highest BCUT2D eigenvalue weighted by Crippen LogP contribution is 2.24. The monoisotopic (exact) mass is 293 g/mol. The third-order valence-corrected chi connectivity index (χ3v) is 2.68. The molecule has 0 aliphatic heterocycles. The quantitative estimate of drug-likeness (QED) is 0.909. The maximum atomic E-state index is 13.5. The SMILES string of the molecule is CCOc1ccc(NC(=O)c2c(O)cc(F)cc2F)cc1. The van der Waals surface area contributed by atoms with Crippen LogP contribution in [0.2, 0.25) is 0 Å². The number of hydrogen-bond acceptors (Lipinski definition) is 3. The lowest BCUT2D eigenvalue weighted by molar-refractivity contribution is 0.102. The summed E-state index contributed by atoms with van der Waals surface area (Å²) >= 11 is 0. The number of carbonyl (C=O) groups excluding carboxylic acids is 1. The summed E-state index contributed by atoms with van der Waals surface area (Å²) in [5.74, 6) is -3.07. The summed E-state index contributed by atoms with van der Waals surface area (Å²) in [4.78, 5) is 11.9. The van der Waals surface area contributed by atoms with E-state index in [-0.39, 0.29) is 0 Å². The number of ether oxygens (including phenoxy) is 1. The Morgan fingerprint density at radius 1 is 1.24 bits per heavy atom. The number of carbonyl (C=O) groups is 1. The molecule has 2 aromatic carbocycles. The molecule has 0 saturated heterocycles. The number of nitrogens with one attached hydrogen (secondary N) is 1. The van der Waals surface area contributed by atoms with Gasteiger partial charge in [0.2, 0.25) is 0 Å². The molecular formula is C15H13F2NO3. The number of hydrogen-bond donors (Lipinski definition) is 2. The Kier molecular flexibility index (Phi) is 4.37. The van der Waals surface area contributed by atoms with Crippen molar-refractivity contribution in [3.05, 3.63) is 53.6 Å². The van der Waals surface area contributed by atoms with Crippen LogP contribution in [0.25, 0.3) is 0 Å². The molecule has 1 amide bonds. The summed E-state index contributed by atoms with van der Waals surface area (Å²) in [5, 5.41) is 11.9. The lowest BCUT2D eigenvalue weighted by Crippen LogP contribution is -2.14. The van der Waals surface area contributed by atoms with Crippen LogP contribution in [0.5, 0.6) is 11.5 Å². The van der Waals surface area contributed by atoms with Crippen molar-refractivity contribution in [3.8, 4) is 11.5 Å². The zero-order valence-electron chi connectivity index (χ0n) is 11.2. The summed E-state index contributed by atoms with van der Waals surface area (Å²) in [6.07, 6.45) is 0. The number of benzene rings is 2. The van der Waals surface area contributed by atoms with Gasteiger partial charge in [-0.1, -0.05) is 0 Å². The highest BCUT2D eigenvalue weighted by atomic mass is 19.1. The van der Waals surface area contributed by atoms with E-state index >= 15 is 0 Å². The summed E-state index contributed by atoms with van der Waals surface area (Å²) < 4.78 is 31.7. The fourth-order valence-corrected chi connectivity index (χ4v) is 1.78. The second kappa shape index (κ2) is 6.21. The molecule has 0 atom stereocenters. The fraction of sp³-hybridized carbons (Fsp3) is 0.133. The average Bonchev–Trinajstić information content (AvgIpc) is 2.40. The number of anilines is 1. The first-order valence-corrected chi connectivity index (χ1v) is 6.23. The van der Waals surface area contributed by atoms with Crippen molar-refractivity contribution in [1.82, 2.24) is 0 Å². The molecule has 2 rings (SSSR count). The van der Waals surface area contributed by atoms with E-state index in [0.29, 0.717) is 30.2 Å². The smallest absolute Gasteiger partial charge is 0.262 e. The molecule has 0 aliphatic rings. The number of halogens is 2. The van der Waals surface area contributed by atoms with Gasteiger partial charge in [-0.25, -0.2) is 8.78 Å². The molecule has 0 unspecified atom stereocenters. The molecule has 0 bridgehead atoms. The van der Waals surface area contributed by atoms with E-state index in [1.165, 1.54) is 0 Å². The van der Waals surface area contributed by atoms with Gasteiger partial charge in [-0.2, -0.15) is 0 Å². The summed E-state index contributed by atoms with van der Waals surface area (Å²) in [7, 11) is 0. The number of aromatic hydroxyl groups is 1. The number of phenols is 1. The van der Waals surface area contributed by atoms with Crippen molar-refractivity contribution >= 4 is 11.6 Å². The summed E-state index contributed by atoms with van der Waals surface area (Å²) in [6, 6.07) is 7.63. The molecule has 21 heavy (non-hydrogen) atoms. The molecule has 0 fully saturated rings. The van der Waals surface area contributed by atoms with Crippen LogP contribution in [0.3, 0.4) is 0 Å². The molecule has 0 radical (unpaired) electrons. The van der Waals surface area contributed by atoms with Gasteiger partial charge in [0.1, 0.15) is 28.7 Å². The Labute approximate surface area is 120 Å². The minimum Gasteiger partial charge on any atom is -0.507 e. The van der Waals surface area contributed by atoms with Gasteiger partial charge < -0.3 is 15.2 Å². The Morgan fingerprint density at radius 2 is 1.90 bits per heavy atom. The maximum absolute atomic E-state index is 13.5. The molecule has 4 nitrogen and oxygen atoms in total. The molecule has 0 saturated carbocycles. The van der Waals surface area contributed by atoms with Crippen LogP contribution >= 0.6 is 0 Å². The van der Waals surface area contributed by atoms with Crippen LogP contribution in [0, 0.1) is 11.6 Å². The number of amides is 1. The van der Waals surface area contributed by atoms with E-state index < -0.39 is 28.9 Å². The van der Waals surface area contributed by atoms with Crippen molar-refractivity contribution in [2.75, 3.05) is 11.9 Å². The van der Waals surface area contributed by atoms with E-state index in [2.05, 4.69) is 5.32 Å². The highest BCUT2D eigenvalue weighted by molar-refractivity contribution is 6.06. The van der Waals surface area contributed by atoms with Gasteiger partial charge in [0.05, 0.1) is 6.61 Å². The van der Waals surface area contributed by atoms with Gasteiger partial charge >= 0.3 is 0 Å². The first-order chi connectivity index (χ1) is 10.0. The van der Waals surface area contributed by atoms with Crippen molar-refractivity contribution in [1.29, 1.82) is 0 Å². The molecule has 0 spiro atoms. The maximum Gasteiger partial charge on any atom is 0.262 e. The lowest BCUT2D eigenvalue weighted by atomic mass is 10.1. The first kappa shape index (κ1) is 14.8. The van der Waals surface area contributed by atoms with E-state index in [9.17, 15) is 18.7 Å². The van der Waals surface area contributed by atoms with Crippen LogP contribution in [0.1, 0.15) is 17.3 Å². The van der Waals surface area contributed by atoms with Crippen molar-refractivity contribution < 1.29 is 23.4 Å². The summed E-state index contributed by atoms with van der Waals surface area (Å²) in [6.45, 7) is 2.36. The average molecular weight is 293 g/mol. The second-order valence-corrected chi connectivity index (χ2v) is 4.19. The van der Waals surface area contributed by atoms with Crippen LogP contribution in [0.4, 0.5) is 14.5 Å². The normalized spacial score (nSPS) is 10.2. The largest absolute Gasteiger partial charge is 0.507 e. The Bertz CT molecular complexity index is 633. The molecule has 2 aromatic rings. The van der Waals surface area contributed by atoms with Crippen LogP contribution in [0.15, 0.2) is 36.4 Å². The Hall–Kier alpha value is -2.63. The topological polar surface area (TPSA) is 58.6 Å². The van der Waals surface area contributed by atoms with Gasteiger partial charge in [0, 0.05) is 17.8 Å². The standard InChI is InChI=1S/C15H13F2NO3/c1-2-21-11-5-3-10(4-6-11)18-15(20)14-12(17)7-9(16)8-13(14)19/h3-8,19H,2H2,1H3,(H,18,20). The van der Waals surface area contributed by atoms with Crippen LogP contribution in [-0.4, -0.2) is 17.6 Å². The predicted molar refractivity (Wildman–Crippen MR) is 73.6 cm³/mol. The van der Waals surface area contributed by atoms with E-state index in [0.717, 1.165) is 0 Å². The zero-order chi connectivity index (χ0) is 15.4. The van der Waals surface area contributed by atoms with Crippen LogP contribution < -0.4 is 10.1 Å². The van der Waals surface area contributed by atoms with Crippen molar-refractivity contribution in [2.24, 2.45) is 0 Å². The van der Waals surface area contributed by atoms with Gasteiger partial charge in [-0.3, -0.25) is 4.79 Å². The molecule has 2 N–H and O–H groups in total. The van der Waals surface area contributed by atoms with Gasteiger partial charge in [0.25, 0.3) is 5.91 Å². The Balaban J connectivity index is 2.18. The summed E-state index contributed by atoms with van der Waals surface area (Å²) in [5.41, 5.74) is -0.211. The molecule has 0 aliphatic carbocycles. The minimum atomic E-state index is -1.13. The van der Waals surface area contributed by atoms with E-state index in [4.69, 9.17) is 4.74 Å². The molecule has 6 heteroatoms.